The predicted octanol–water partition coefficient (Wildman–Crippen LogP) is 1.61. The molecule has 110 valence electrons. The minimum absolute atomic E-state index is 0.0393. The van der Waals surface area contributed by atoms with Crippen molar-refractivity contribution < 1.29 is 9.84 Å². The highest BCUT2D eigenvalue weighted by atomic mass is 16.5. The highest BCUT2D eigenvalue weighted by Gasteiger charge is 2.27. The van der Waals surface area contributed by atoms with Crippen LogP contribution in [0.3, 0.4) is 0 Å². The van der Waals surface area contributed by atoms with Crippen LogP contribution in [0.4, 0.5) is 0 Å². The van der Waals surface area contributed by atoms with Crippen LogP contribution < -0.4 is 5.73 Å². The standard InChI is InChI=1S/C14H32N2O2/c1-5-8-13(15)14(11-17)16(9-10-18-4)12(6-2)7-3/h12-14,17H,5-11,15H2,1-4H3. The van der Waals surface area contributed by atoms with Crippen molar-refractivity contribution in [2.75, 3.05) is 26.9 Å². The fourth-order valence-corrected chi connectivity index (χ4v) is 2.59. The molecule has 4 heteroatoms. The van der Waals surface area contributed by atoms with Gasteiger partial charge in [0, 0.05) is 31.8 Å². The van der Waals surface area contributed by atoms with Crippen LogP contribution in [0.2, 0.25) is 0 Å². The number of aliphatic hydroxyl groups is 1. The van der Waals surface area contributed by atoms with Gasteiger partial charge in [-0.05, 0) is 19.3 Å². The molecule has 0 aliphatic rings. The molecule has 0 heterocycles. The van der Waals surface area contributed by atoms with Gasteiger partial charge in [0.05, 0.1) is 13.2 Å². The molecule has 0 aromatic rings. The van der Waals surface area contributed by atoms with E-state index in [2.05, 4.69) is 25.7 Å². The highest BCUT2D eigenvalue weighted by molar-refractivity contribution is 4.85. The number of rotatable bonds is 11. The largest absolute Gasteiger partial charge is 0.395 e. The Labute approximate surface area is 112 Å². The zero-order valence-corrected chi connectivity index (χ0v) is 12.6. The second kappa shape index (κ2) is 10.7. The first kappa shape index (κ1) is 17.8. The van der Waals surface area contributed by atoms with E-state index in [0.29, 0.717) is 12.6 Å². The molecule has 0 aromatic heterocycles. The van der Waals surface area contributed by atoms with Crippen molar-refractivity contribution in [1.29, 1.82) is 0 Å². The average molecular weight is 260 g/mol. The first-order chi connectivity index (χ1) is 8.65. The Kier molecular flexibility index (Phi) is 10.6. The lowest BCUT2D eigenvalue weighted by atomic mass is 9.99. The first-order valence-corrected chi connectivity index (χ1v) is 7.27. The van der Waals surface area contributed by atoms with E-state index in [9.17, 15) is 5.11 Å². The van der Waals surface area contributed by atoms with Gasteiger partial charge < -0.3 is 15.6 Å². The lowest BCUT2D eigenvalue weighted by molar-refractivity contribution is 0.0377. The summed E-state index contributed by atoms with van der Waals surface area (Å²) in [7, 11) is 1.71. The van der Waals surface area contributed by atoms with Gasteiger partial charge in [-0.15, -0.1) is 0 Å². The minimum Gasteiger partial charge on any atom is -0.395 e. The van der Waals surface area contributed by atoms with Crippen LogP contribution in [-0.4, -0.2) is 55.0 Å². The molecule has 18 heavy (non-hydrogen) atoms. The van der Waals surface area contributed by atoms with Crippen molar-refractivity contribution in [3.05, 3.63) is 0 Å². The van der Waals surface area contributed by atoms with E-state index in [4.69, 9.17) is 10.5 Å². The summed E-state index contributed by atoms with van der Waals surface area (Å²) in [5, 5.41) is 9.67. The monoisotopic (exact) mass is 260 g/mol. The van der Waals surface area contributed by atoms with Crippen molar-refractivity contribution in [1.82, 2.24) is 4.90 Å². The van der Waals surface area contributed by atoms with Crippen LogP contribution in [0.25, 0.3) is 0 Å². The molecule has 0 aliphatic carbocycles. The van der Waals surface area contributed by atoms with E-state index in [1.165, 1.54) is 0 Å². The summed E-state index contributed by atoms with van der Waals surface area (Å²) in [6.07, 6.45) is 4.17. The van der Waals surface area contributed by atoms with E-state index in [0.717, 1.165) is 32.2 Å². The van der Waals surface area contributed by atoms with Crippen molar-refractivity contribution in [2.45, 2.75) is 64.6 Å². The van der Waals surface area contributed by atoms with Gasteiger partial charge in [-0.25, -0.2) is 0 Å². The van der Waals surface area contributed by atoms with Gasteiger partial charge in [-0.3, -0.25) is 4.90 Å². The van der Waals surface area contributed by atoms with Gasteiger partial charge >= 0.3 is 0 Å². The molecule has 3 N–H and O–H groups in total. The Morgan fingerprint density at radius 2 is 1.83 bits per heavy atom. The third-order valence-electron chi connectivity index (χ3n) is 3.69. The molecule has 0 aromatic carbocycles. The molecule has 0 spiro atoms. The fraction of sp³-hybridized carbons (Fsp3) is 1.00. The van der Waals surface area contributed by atoms with Crippen LogP contribution in [0.1, 0.15) is 46.5 Å². The third kappa shape index (κ3) is 5.65. The topological polar surface area (TPSA) is 58.7 Å². The molecule has 2 atom stereocenters. The normalized spacial score (nSPS) is 15.3. The first-order valence-electron chi connectivity index (χ1n) is 7.27. The molecule has 0 saturated carbocycles. The van der Waals surface area contributed by atoms with E-state index in [-0.39, 0.29) is 18.7 Å². The summed E-state index contributed by atoms with van der Waals surface area (Å²) in [4.78, 5) is 2.34. The molecule has 4 nitrogen and oxygen atoms in total. The molecule has 0 bridgehead atoms. The number of methoxy groups -OCH3 is 1. The number of hydrogen-bond donors (Lipinski definition) is 2. The average Bonchev–Trinajstić information content (AvgIpc) is 2.37. The molecule has 0 rings (SSSR count). The SMILES string of the molecule is CCCC(N)C(CO)N(CCOC)C(CC)CC. The minimum atomic E-state index is 0.0393. The molecule has 2 unspecified atom stereocenters. The second-order valence-corrected chi connectivity index (χ2v) is 4.90. The van der Waals surface area contributed by atoms with E-state index in [1.807, 2.05) is 0 Å². The molecule has 0 fully saturated rings. The number of nitrogens with zero attached hydrogens (tertiary/aromatic N) is 1. The van der Waals surface area contributed by atoms with Crippen molar-refractivity contribution in [3.8, 4) is 0 Å². The van der Waals surface area contributed by atoms with Gasteiger partial charge in [0.1, 0.15) is 0 Å². The summed E-state index contributed by atoms with van der Waals surface area (Å²) in [5.74, 6) is 0. The lowest BCUT2D eigenvalue weighted by Crippen LogP contribution is -2.54. The van der Waals surface area contributed by atoms with E-state index < -0.39 is 0 Å². The van der Waals surface area contributed by atoms with Gasteiger partial charge in [-0.1, -0.05) is 27.2 Å². The van der Waals surface area contributed by atoms with Crippen LogP contribution in [0.15, 0.2) is 0 Å². The van der Waals surface area contributed by atoms with Gasteiger partial charge in [-0.2, -0.15) is 0 Å². The quantitative estimate of drug-likeness (QED) is 0.592. The fourth-order valence-electron chi connectivity index (χ4n) is 2.59. The third-order valence-corrected chi connectivity index (χ3v) is 3.69. The Morgan fingerprint density at radius 3 is 2.22 bits per heavy atom. The number of hydrogen-bond acceptors (Lipinski definition) is 4. The van der Waals surface area contributed by atoms with Gasteiger partial charge in [0.15, 0.2) is 0 Å². The molecular weight excluding hydrogens is 228 g/mol. The summed E-state index contributed by atoms with van der Waals surface area (Å²) in [5.41, 5.74) is 6.22. The highest BCUT2D eigenvalue weighted by Crippen LogP contribution is 2.16. The Hall–Kier alpha value is -0.160. The van der Waals surface area contributed by atoms with Crippen LogP contribution in [-0.2, 0) is 4.74 Å². The predicted molar refractivity (Wildman–Crippen MR) is 76.7 cm³/mol. The molecule has 0 radical (unpaired) electrons. The maximum atomic E-state index is 9.67. The van der Waals surface area contributed by atoms with Crippen LogP contribution in [0.5, 0.6) is 0 Å². The lowest BCUT2D eigenvalue weighted by Gasteiger charge is -2.39. The van der Waals surface area contributed by atoms with Gasteiger partial charge in [0.25, 0.3) is 0 Å². The molecule has 0 amide bonds. The maximum absolute atomic E-state index is 9.67. The van der Waals surface area contributed by atoms with Crippen molar-refractivity contribution >= 4 is 0 Å². The van der Waals surface area contributed by atoms with Crippen molar-refractivity contribution in [3.63, 3.8) is 0 Å². The Morgan fingerprint density at radius 1 is 1.22 bits per heavy atom. The van der Waals surface area contributed by atoms with Crippen LogP contribution >= 0.6 is 0 Å². The summed E-state index contributed by atoms with van der Waals surface area (Å²) in [6.45, 7) is 8.16. The molecular formula is C14H32N2O2. The number of ether oxygens (including phenoxy) is 1. The zero-order chi connectivity index (χ0) is 14.0. The smallest absolute Gasteiger partial charge is 0.0602 e. The Bertz CT molecular complexity index is 187. The Balaban J connectivity index is 4.74. The van der Waals surface area contributed by atoms with E-state index in [1.54, 1.807) is 7.11 Å². The molecule has 0 saturated heterocycles. The number of aliphatic hydroxyl groups excluding tert-OH is 1. The summed E-state index contributed by atoms with van der Waals surface area (Å²) in [6, 6.07) is 0.558. The van der Waals surface area contributed by atoms with E-state index >= 15 is 0 Å². The zero-order valence-electron chi connectivity index (χ0n) is 12.6. The number of nitrogens with two attached hydrogens (primary N) is 1. The van der Waals surface area contributed by atoms with Gasteiger partial charge in [0.2, 0.25) is 0 Å². The maximum Gasteiger partial charge on any atom is 0.0602 e. The van der Waals surface area contributed by atoms with Crippen LogP contribution in [0, 0.1) is 0 Å². The molecule has 0 aliphatic heterocycles. The summed E-state index contributed by atoms with van der Waals surface area (Å²) >= 11 is 0. The van der Waals surface area contributed by atoms with Crippen molar-refractivity contribution in [2.24, 2.45) is 5.73 Å². The second-order valence-electron chi connectivity index (χ2n) is 4.90. The summed E-state index contributed by atoms with van der Waals surface area (Å²) < 4.78 is 5.18.